The summed E-state index contributed by atoms with van der Waals surface area (Å²) in [5.74, 6) is 1.55. The maximum absolute atomic E-state index is 12.6. The number of hydrogen-bond donors (Lipinski definition) is 1. The Labute approximate surface area is 171 Å². The summed E-state index contributed by atoms with van der Waals surface area (Å²) in [7, 11) is 3.22. The van der Waals surface area contributed by atoms with Gasteiger partial charge in [0.15, 0.2) is 11.5 Å². The standard InChI is InChI=1S/C22H27ClN2O3/c1-27-20-8-5-17(13-21(20)28-2)14-24-22(26)18-9-11-25(12-10-18)15-16-3-6-19(23)7-4-16/h3-8,13,18H,9-12,14-15H2,1-2H3,(H,24,26). The molecule has 1 heterocycles. The van der Waals surface area contributed by atoms with Crippen LogP contribution < -0.4 is 14.8 Å². The van der Waals surface area contributed by atoms with Crippen molar-refractivity contribution in [1.82, 2.24) is 10.2 Å². The summed E-state index contributed by atoms with van der Waals surface area (Å²) in [5.41, 5.74) is 2.24. The molecule has 0 spiro atoms. The van der Waals surface area contributed by atoms with Crippen molar-refractivity contribution in [3.8, 4) is 11.5 Å². The second kappa shape index (κ2) is 9.80. The average molecular weight is 403 g/mol. The predicted octanol–water partition coefficient (Wildman–Crippen LogP) is 3.89. The highest BCUT2D eigenvalue weighted by molar-refractivity contribution is 6.30. The summed E-state index contributed by atoms with van der Waals surface area (Å²) in [6.07, 6.45) is 1.76. The van der Waals surface area contributed by atoms with E-state index < -0.39 is 0 Å². The minimum absolute atomic E-state index is 0.0709. The molecule has 1 N–H and O–H groups in total. The first kappa shape index (κ1) is 20.5. The van der Waals surface area contributed by atoms with E-state index in [2.05, 4.69) is 22.3 Å². The van der Waals surface area contributed by atoms with Crippen LogP contribution in [0.5, 0.6) is 11.5 Å². The summed E-state index contributed by atoms with van der Waals surface area (Å²) >= 11 is 5.94. The first-order valence-electron chi connectivity index (χ1n) is 9.54. The number of benzene rings is 2. The summed E-state index contributed by atoms with van der Waals surface area (Å²) < 4.78 is 10.6. The van der Waals surface area contributed by atoms with E-state index >= 15 is 0 Å². The van der Waals surface area contributed by atoms with E-state index in [-0.39, 0.29) is 11.8 Å². The number of carbonyl (C=O) groups is 1. The van der Waals surface area contributed by atoms with Crippen LogP contribution in [0.3, 0.4) is 0 Å². The maximum Gasteiger partial charge on any atom is 0.223 e. The molecule has 0 aliphatic carbocycles. The van der Waals surface area contributed by atoms with Crippen LogP contribution in [0.15, 0.2) is 42.5 Å². The van der Waals surface area contributed by atoms with Crippen molar-refractivity contribution in [2.75, 3.05) is 27.3 Å². The van der Waals surface area contributed by atoms with E-state index in [1.54, 1.807) is 14.2 Å². The predicted molar refractivity (Wildman–Crippen MR) is 111 cm³/mol. The molecule has 0 aromatic heterocycles. The van der Waals surface area contributed by atoms with Crippen LogP contribution in [0.25, 0.3) is 0 Å². The smallest absolute Gasteiger partial charge is 0.223 e. The van der Waals surface area contributed by atoms with Crippen LogP contribution in [0.2, 0.25) is 5.02 Å². The topological polar surface area (TPSA) is 50.8 Å². The van der Waals surface area contributed by atoms with Crippen LogP contribution in [0.1, 0.15) is 24.0 Å². The van der Waals surface area contributed by atoms with E-state index in [0.717, 1.165) is 43.1 Å². The monoisotopic (exact) mass is 402 g/mol. The zero-order valence-corrected chi connectivity index (χ0v) is 17.2. The van der Waals surface area contributed by atoms with E-state index in [0.29, 0.717) is 18.0 Å². The molecule has 0 unspecified atom stereocenters. The van der Waals surface area contributed by atoms with Crippen molar-refractivity contribution in [2.24, 2.45) is 5.92 Å². The minimum Gasteiger partial charge on any atom is -0.493 e. The quantitative estimate of drug-likeness (QED) is 0.763. The lowest BCUT2D eigenvalue weighted by Gasteiger charge is -2.31. The zero-order valence-electron chi connectivity index (χ0n) is 16.4. The Morgan fingerprint density at radius 2 is 1.68 bits per heavy atom. The van der Waals surface area contributed by atoms with Crippen LogP contribution in [0.4, 0.5) is 0 Å². The van der Waals surface area contributed by atoms with Gasteiger partial charge in [0.25, 0.3) is 0 Å². The van der Waals surface area contributed by atoms with Gasteiger partial charge < -0.3 is 14.8 Å². The molecule has 0 radical (unpaired) electrons. The van der Waals surface area contributed by atoms with E-state index in [9.17, 15) is 4.79 Å². The largest absolute Gasteiger partial charge is 0.493 e. The summed E-state index contributed by atoms with van der Waals surface area (Å²) in [6.45, 7) is 3.25. The van der Waals surface area contributed by atoms with Gasteiger partial charge in [0.05, 0.1) is 14.2 Å². The van der Waals surface area contributed by atoms with E-state index in [1.807, 2.05) is 30.3 Å². The third kappa shape index (κ3) is 5.40. The molecule has 3 rings (SSSR count). The van der Waals surface area contributed by atoms with Gasteiger partial charge in [-0.2, -0.15) is 0 Å². The fourth-order valence-corrected chi connectivity index (χ4v) is 3.65. The Balaban J connectivity index is 1.45. The Kier molecular flexibility index (Phi) is 7.18. The van der Waals surface area contributed by atoms with Gasteiger partial charge in [-0.1, -0.05) is 29.8 Å². The highest BCUT2D eigenvalue weighted by atomic mass is 35.5. The third-order valence-corrected chi connectivity index (χ3v) is 5.44. The van der Waals surface area contributed by atoms with Crippen LogP contribution >= 0.6 is 11.6 Å². The van der Waals surface area contributed by atoms with Crippen molar-refractivity contribution in [1.29, 1.82) is 0 Å². The molecular weight excluding hydrogens is 376 g/mol. The fourth-order valence-electron chi connectivity index (χ4n) is 3.53. The molecule has 1 aliphatic heterocycles. The van der Waals surface area contributed by atoms with Gasteiger partial charge >= 0.3 is 0 Å². The molecule has 2 aromatic carbocycles. The fraction of sp³-hybridized carbons (Fsp3) is 0.409. The van der Waals surface area contributed by atoms with Crippen LogP contribution in [0, 0.1) is 5.92 Å². The van der Waals surface area contributed by atoms with Gasteiger partial charge in [-0.15, -0.1) is 0 Å². The number of nitrogens with zero attached hydrogens (tertiary/aromatic N) is 1. The van der Waals surface area contributed by atoms with Gasteiger partial charge in [0.2, 0.25) is 5.91 Å². The number of ether oxygens (including phenoxy) is 2. The molecule has 5 nitrogen and oxygen atoms in total. The first-order chi connectivity index (χ1) is 13.6. The summed E-state index contributed by atoms with van der Waals surface area (Å²) in [4.78, 5) is 14.9. The van der Waals surface area contributed by atoms with Crippen LogP contribution in [-0.2, 0) is 17.9 Å². The van der Waals surface area contributed by atoms with E-state index in [4.69, 9.17) is 21.1 Å². The first-order valence-corrected chi connectivity index (χ1v) is 9.92. The van der Waals surface area contributed by atoms with Crippen molar-refractivity contribution in [3.63, 3.8) is 0 Å². The molecule has 150 valence electrons. The highest BCUT2D eigenvalue weighted by Gasteiger charge is 2.24. The maximum atomic E-state index is 12.6. The molecule has 1 amide bonds. The number of piperidine rings is 1. The SMILES string of the molecule is COc1ccc(CNC(=O)C2CCN(Cc3ccc(Cl)cc3)CC2)cc1OC. The molecule has 0 bridgehead atoms. The number of likely N-dealkylation sites (tertiary alicyclic amines) is 1. The van der Waals surface area contributed by atoms with E-state index in [1.165, 1.54) is 5.56 Å². The summed E-state index contributed by atoms with van der Waals surface area (Å²) in [5, 5.41) is 3.82. The van der Waals surface area contributed by atoms with Gasteiger partial charge in [-0.25, -0.2) is 0 Å². The zero-order chi connectivity index (χ0) is 19.9. The third-order valence-electron chi connectivity index (χ3n) is 5.19. The van der Waals surface area contributed by atoms with Crippen molar-refractivity contribution >= 4 is 17.5 Å². The lowest BCUT2D eigenvalue weighted by molar-refractivity contribution is -0.126. The Morgan fingerprint density at radius 1 is 1.04 bits per heavy atom. The van der Waals surface area contributed by atoms with Gasteiger partial charge in [0.1, 0.15) is 0 Å². The molecule has 1 aliphatic rings. The second-order valence-corrected chi connectivity index (χ2v) is 7.52. The van der Waals surface area contributed by atoms with Crippen molar-refractivity contribution < 1.29 is 14.3 Å². The molecule has 0 saturated carbocycles. The lowest BCUT2D eigenvalue weighted by Crippen LogP contribution is -2.40. The Bertz CT molecular complexity index is 787. The molecular formula is C22H27ClN2O3. The second-order valence-electron chi connectivity index (χ2n) is 7.08. The lowest BCUT2D eigenvalue weighted by atomic mass is 9.95. The number of halogens is 1. The molecule has 28 heavy (non-hydrogen) atoms. The van der Waals surface area contributed by atoms with Gasteiger partial charge in [-0.05, 0) is 61.3 Å². The van der Waals surface area contributed by atoms with Crippen molar-refractivity contribution in [3.05, 3.63) is 58.6 Å². The normalized spacial score (nSPS) is 15.2. The van der Waals surface area contributed by atoms with Crippen molar-refractivity contribution in [2.45, 2.75) is 25.9 Å². The number of amides is 1. The highest BCUT2D eigenvalue weighted by Crippen LogP contribution is 2.27. The Hall–Kier alpha value is -2.24. The summed E-state index contributed by atoms with van der Waals surface area (Å²) in [6, 6.07) is 13.7. The van der Waals surface area contributed by atoms with Gasteiger partial charge in [0, 0.05) is 24.0 Å². The molecule has 2 aromatic rings. The number of methoxy groups -OCH3 is 2. The number of carbonyl (C=O) groups excluding carboxylic acids is 1. The number of hydrogen-bond acceptors (Lipinski definition) is 4. The molecule has 1 saturated heterocycles. The Morgan fingerprint density at radius 3 is 2.32 bits per heavy atom. The minimum atomic E-state index is 0.0709. The van der Waals surface area contributed by atoms with Gasteiger partial charge in [-0.3, -0.25) is 9.69 Å². The number of rotatable bonds is 7. The molecule has 1 fully saturated rings. The molecule has 6 heteroatoms. The number of nitrogens with one attached hydrogen (secondary N) is 1. The van der Waals surface area contributed by atoms with Crippen LogP contribution in [-0.4, -0.2) is 38.1 Å². The molecule has 0 atom stereocenters. The average Bonchev–Trinajstić information content (AvgIpc) is 2.74.